The lowest BCUT2D eigenvalue weighted by Gasteiger charge is -2.44. The zero-order chi connectivity index (χ0) is 12.6. The van der Waals surface area contributed by atoms with Crippen LogP contribution in [0.5, 0.6) is 0 Å². The molecule has 1 aliphatic rings. The van der Waals surface area contributed by atoms with Gasteiger partial charge in [-0.2, -0.15) is 13.2 Å². The van der Waals surface area contributed by atoms with E-state index in [9.17, 15) is 13.2 Å². The molecule has 0 bridgehead atoms. The van der Waals surface area contributed by atoms with Crippen LogP contribution in [0.15, 0.2) is 0 Å². The first-order valence-corrected chi connectivity index (χ1v) is 5.97. The standard InChI is InChI=1S/C12H22F3N/c1-9(2)11(4)5-7-16(8-6-11)10(3)12(13,14)15/h9-10H,5-8H2,1-4H3. The average Bonchev–Trinajstić information content (AvgIpc) is 2.16. The molecule has 16 heavy (non-hydrogen) atoms. The molecular formula is C12H22F3N. The Labute approximate surface area is 96.0 Å². The Bertz CT molecular complexity index is 227. The van der Waals surface area contributed by atoms with E-state index >= 15 is 0 Å². The molecule has 1 saturated heterocycles. The maximum atomic E-state index is 12.5. The van der Waals surface area contributed by atoms with Crippen molar-refractivity contribution in [3.05, 3.63) is 0 Å². The van der Waals surface area contributed by atoms with Gasteiger partial charge in [-0.1, -0.05) is 20.8 Å². The lowest BCUT2D eigenvalue weighted by molar-refractivity contribution is -0.184. The number of nitrogens with zero attached hydrogens (tertiary/aromatic N) is 1. The van der Waals surface area contributed by atoms with Crippen LogP contribution in [0.3, 0.4) is 0 Å². The number of halogens is 3. The van der Waals surface area contributed by atoms with E-state index in [1.165, 1.54) is 6.92 Å². The predicted octanol–water partition coefficient (Wildman–Crippen LogP) is 3.70. The molecule has 0 aliphatic carbocycles. The van der Waals surface area contributed by atoms with Crippen molar-refractivity contribution >= 4 is 0 Å². The Hall–Kier alpha value is -0.250. The summed E-state index contributed by atoms with van der Waals surface area (Å²) in [6, 6.07) is -1.30. The highest BCUT2D eigenvalue weighted by Gasteiger charge is 2.43. The minimum Gasteiger partial charge on any atom is -0.292 e. The highest BCUT2D eigenvalue weighted by atomic mass is 19.4. The van der Waals surface area contributed by atoms with E-state index in [0.717, 1.165) is 12.8 Å². The highest BCUT2D eigenvalue weighted by molar-refractivity contribution is 4.87. The highest BCUT2D eigenvalue weighted by Crippen LogP contribution is 2.39. The van der Waals surface area contributed by atoms with Crippen molar-refractivity contribution in [2.75, 3.05) is 13.1 Å². The molecular weight excluding hydrogens is 215 g/mol. The average molecular weight is 237 g/mol. The zero-order valence-corrected chi connectivity index (χ0v) is 10.6. The van der Waals surface area contributed by atoms with Crippen LogP contribution >= 0.6 is 0 Å². The number of likely N-dealkylation sites (tertiary alicyclic amines) is 1. The molecule has 1 aliphatic heterocycles. The summed E-state index contributed by atoms with van der Waals surface area (Å²) in [7, 11) is 0. The SMILES string of the molecule is CC(N1CCC(C)(C(C)C)CC1)C(F)(F)F. The molecule has 0 amide bonds. The van der Waals surface area contributed by atoms with Gasteiger partial charge in [0.25, 0.3) is 0 Å². The van der Waals surface area contributed by atoms with E-state index in [4.69, 9.17) is 0 Å². The maximum Gasteiger partial charge on any atom is 0.403 e. The van der Waals surface area contributed by atoms with Gasteiger partial charge >= 0.3 is 6.18 Å². The third-order valence-electron chi connectivity index (χ3n) is 4.36. The van der Waals surface area contributed by atoms with Crippen LogP contribution in [-0.2, 0) is 0 Å². The molecule has 0 N–H and O–H groups in total. The second-order valence-corrected chi connectivity index (χ2v) is 5.56. The Kier molecular flexibility index (Phi) is 3.93. The second kappa shape index (κ2) is 4.55. The number of rotatable bonds is 2. The fourth-order valence-corrected chi connectivity index (χ4v) is 2.21. The molecule has 1 rings (SSSR count). The molecule has 0 aromatic heterocycles. The molecule has 0 aromatic rings. The Morgan fingerprint density at radius 2 is 1.50 bits per heavy atom. The summed E-state index contributed by atoms with van der Waals surface area (Å²) in [6.07, 6.45) is -2.36. The molecule has 0 aromatic carbocycles. The van der Waals surface area contributed by atoms with E-state index in [-0.39, 0.29) is 5.41 Å². The van der Waals surface area contributed by atoms with Crippen LogP contribution < -0.4 is 0 Å². The number of hydrogen-bond donors (Lipinski definition) is 0. The summed E-state index contributed by atoms with van der Waals surface area (Å²) in [4.78, 5) is 1.56. The summed E-state index contributed by atoms with van der Waals surface area (Å²) in [5, 5.41) is 0. The third-order valence-corrected chi connectivity index (χ3v) is 4.36. The molecule has 0 saturated carbocycles. The van der Waals surface area contributed by atoms with E-state index in [0.29, 0.717) is 19.0 Å². The quantitative estimate of drug-likeness (QED) is 0.708. The predicted molar refractivity (Wildman–Crippen MR) is 59.3 cm³/mol. The van der Waals surface area contributed by atoms with Crippen molar-refractivity contribution < 1.29 is 13.2 Å². The fraction of sp³-hybridized carbons (Fsp3) is 1.00. The van der Waals surface area contributed by atoms with Crippen LogP contribution in [0, 0.1) is 11.3 Å². The van der Waals surface area contributed by atoms with E-state index in [2.05, 4.69) is 20.8 Å². The van der Waals surface area contributed by atoms with Gasteiger partial charge in [-0.3, -0.25) is 4.90 Å². The minimum atomic E-state index is -4.09. The molecule has 1 fully saturated rings. The minimum absolute atomic E-state index is 0.210. The monoisotopic (exact) mass is 237 g/mol. The van der Waals surface area contributed by atoms with Crippen molar-refractivity contribution in [1.82, 2.24) is 4.90 Å². The molecule has 96 valence electrons. The van der Waals surface area contributed by atoms with Crippen molar-refractivity contribution in [3.8, 4) is 0 Å². The topological polar surface area (TPSA) is 3.24 Å². The van der Waals surface area contributed by atoms with Gasteiger partial charge in [0.15, 0.2) is 0 Å². The van der Waals surface area contributed by atoms with Crippen molar-refractivity contribution in [2.24, 2.45) is 11.3 Å². The van der Waals surface area contributed by atoms with Crippen molar-refractivity contribution in [2.45, 2.75) is 52.8 Å². The first-order valence-electron chi connectivity index (χ1n) is 5.97. The molecule has 1 unspecified atom stereocenters. The van der Waals surface area contributed by atoms with E-state index in [1.807, 2.05) is 0 Å². The second-order valence-electron chi connectivity index (χ2n) is 5.56. The van der Waals surface area contributed by atoms with Gasteiger partial charge in [-0.15, -0.1) is 0 Å². The smallest absolute Gasteiger partial charge is 0.292 e. The van der Waals surface area contributed by atoms with Gasteiger partial charge in [0.05, 0.1) is 0 Å². The Morgan fingerprint density at radius 3 is 1.81 bits per heavy atom. The summed E-state index contributed by atoms with van der Waals surface area (Å²) in [6.45, 7) is 8.89. The summed E-state index contributed by atoms with van der Waals surface area (Å²) in [5.74, 6) is 0.538. The molecule has 1 heterocycles. The van der Waals surface area contributed by atoms with Gasteiger partial charge < -0.3 is 0 Å². The first kappa shape index (κ1) is 13.8. The Morgan fingerprint density at radius 1 is 1.06 bits per heavy atom. The number of piperidine rings is 1. The summed E-state index contributed by atoms with van der Waals surface area (Å²) >= 11 is 0. The summed E-state index contributed by atoms with van der Waals surface area (Å²) < 4.78 is 37.6. The van der Waals surface area contributed by atoms with Crippen LogP contribution in [0.2, 0.25) is 0 Å². The maximum absolute atomic E-state index is 12.5. The van der Waals surface area contributed by atoms with Gasteiger partial charge in [-0.25, -0.2) is 0 Å². The lowest BCUT2D eigenvalue weighted by atomic mass is 9.71. The molecule has 0 spiro atoms. The summed E-state index contributed by atoms with van der Waals surface area (Å²) in [5.41, 5.74) is 0.210. The molecule has 0 radical (unpaired) electrons. The molecule has 1 nitrogen and oxygen atoms in total. The van der Waals surface area contributed by atoms with Gasteiger partial charge in [0.1, 0.15) is 6.04 Å². The van der Waals surface area contributed by atoms with Crippen LogP contribution in [0.4, 0.5) is 13.2 Å². The van der Waals surface area contributed by atoms with E-state index in [1.54, 1.807) is 4.90 Å². The van der Waals surface area contributed by atoms with E-state index < -0.39 is 12.2 Å². The largest absolute Gasteiger partial charge is 0.403 e. The van der Waals surface area contributed by atoms with Crippen molar-refractivity contribution in [3.63, 3.8) is 0 Å². The number of hydrogen-bond acceptors (Lipinski definition) is 1. The van der Waals surface area contributed by atoms with Crippen molar-refractivity contribution in [1.29, 1.82) is 0 Å². The Balaban J connectivity index is 2.56. The fourth-order valence-electron chi connectivity index (χ4n) is 2.21. The van der Waals surface area contributed by atoms with Gasteiger partial charge in [0.2, 0.25) is 0 Å². The normalized spacial score (nSPS) is 24.8. The van der Waals surface area contributed by atoms with Crippen LogP contribution in [0.1, 0.15) is 40.5 Å². The lowest BCUT2D eigenvalue weighted by Crippen LogP contribution is -2.50. The van der Waals surface area contributed by atoms with Crippen LogP contribution in [-0.4, -0.2) is 30.2 Å². The number of alkyl halides is 3. The zero-order valence-electron chi connectivity index (χ0n) is 10.6. The van der Waals surface area contributed by atoms with Gasteiger partial charge in [0, 0.05) is 0 Å². The third kappa shape index (κ3) is 2.90. The first-order chi connectivity index (χ1) is 7.17. The molecule has 4 heteroatoms. The molecule has 1 atom stereocenters. The van der Waals surface area contributed by atoms with Crippen LogP contribution in [0.25, 0.3) is 0 Å². The van der Waals surface area contributed by atoms with Gasteiger partial charge in [-0.05, 0) is 44.2 Å².